The second-order valence-electron chi connectivity index (χ2n) is 7.86. The number of aromatic nitrogens is 1. The molecule has 35 heavy (non-hydrogen) atoms. The van der Waals surface area contributed by atoms with Crippen LogP contribution >= 0.6 is 0 Å². The molecule has 0 fully saturated rings. The maximum atomic E-state index is 13.6. The number of ether oxygens (including phenoxy) is 2. The molecule has 3 rings (SSSR count). The standard InChI is InChI=1S/C24H29N3O6S2/c1-26(2)34(28,29)21-9-11-22(12-10-21)35(30,31)27(18-20-7-5-6-15-25-20)16-14-19-8-13-23(32-3)24(17-19)33-4/h5-13,15,17H,14,16,18H2,1-4H3. The Morgan fingerprint density at radius 1 is 0.800 bits per heavy atom. The molecule has 0 unspecified atom stereocenters. The Kier molecular flexibility index (Phi) is 8.49. The fraction of sp³-hybridized carbons (Fsp3) is 0.292. The van der Waals surface area contributed by atoms with Crippen LogP contribution in [0.2, 0.25) is 0 Å². The largest absolute Gasteiger partial charge is 0.493 e. The van der Waals surface area contributed by atoms with Gasteiger partial charge in [0.15, 0.2) is 11.5 Å². The van der Waals surface area contributed by atoms with Crippen LogP contribution in [0, 0.1) is 0 Å². The fourth-order valence-corrected chi connectivity index (χ4v) is 5.70. The zero-order valence-electron chi connectivity index (χ0n) is 20.1. The average Bonchev–Trinajstić information content (AvgIpc) is 2.86. The topological polar surface area (TPSA) is 106 Å². The van der Waals surface area contributed by atoms with Gasteiger partial charge in [0.1, 0.15) is 0 Å². The van der Waals surface area contributed by atoms with E-state index in [9.17, 15) is 16.8 Å². The summed E-state index contributed by atoms with van der Waals surface area (Å²) in [5.41, 5.74) is 1.46. The quantitative estimate of drug-likeness (QED) is 0.383. The molecular weight excluding hydrogens is 490 g/mol. The molecule has 3 aromatic rings. The van der Waals surface area contributed by atoms with E-state index in [-0.39, 0.29) is 22.9 Å². The van der Waals surface area contributed by atoms with Crippen molar-refractivity contribution in [3.63, 3.8) is 0 Å². The van der Waals surface area contributed by atoms with Gasteiger partial charge in [-0.15, -0.1) is 0 Å². The average molecular weight is 520 g/mol. The Morgan fingerprint density at radius 2 is 1.43 bits per heavy atom. The van der Waals surface area contributed by atoms with Gasteiger partial charge >= 0.3 is 0 Å². The van der Waals surface area contributed by atoms with Crippen LogP contribution in [0.1, 0.15) is 11.3 Å². The number of pyridine rings is 1. The minimum Gasteiger partial charge on any atom is -0.493 e. The second-order valence-corrected chi connectivity index (χ2v) is 11.9. The van der Waals surface area contributed by atoms with E-state index in [0.29, 0.717) is 23.6 Å². The smallest absolute Gasteiger partial charge is 0.243 e. The first-order chi connectivity index (χ1) is 16.6. The summed E-state index contributed by atoms with van der Waals surface area (Å²) in [5, 5.41) is 0. The molecule has 1 aromatic heterocycles. The third kappa shape index (κ3) is 6.17. The summed E-state index contributed by atoms with van der Waals surface area (Å²) in [6.07, 6.45) is 2.02. The summed E-state index contributed by atoms with van der Waals surface area (Å²) >= 11 is 0. The molecule has 0 aliphatic rings. The number of benzene rings is 2. The minimum absolute atomic E-state index is 0.00144. The van der Waals surface area contributed by atoms with E-state index >= 15 is 0 Å². The van der Waals surface area contributed by atoms with Crippen LogP contribution in [0.25, 0.3) is 0 Å². The lowest BCUT2D eigenvalue weighted by atomic mass is 10.1. The number of hydrogen-bond donors (Lipinski definition) is 0. The van der Waals surface area contributed by atoms with Crippen molar-refractivity contribution in [1.29, 1.82) is 0 Å². The summed E-state index contributed by atoms with van der Waals surface area (Å²) in [7, 11) is -1.70. The van der Waals surface area contributed by atoms with Crippen LogP contribution in [0.5, 0.6) is 11.5 Å². The number of nitrogens with zero attached hydrogens (tertiary/aromatic N) is 3. The number of rotatable bonds is 11. The van der Waals surface area contributed by atoms with E-state index in [0.717, 1.165) is 9.87 Å². The molecule has 0 saturated carbocycles. The first kappa shape index (κ1) is 26.6. The van der Waals surface area contributed by atoms with Crippen LogP contribution in [-0.2, 0) is 33.0 Å². The maximum absolute atomic E-state index is 13.6. The number of hydrogen-bond acceptors (Lipinski definition) is 7. The first-order valence-electron chi connectivity index (χ1n) is 10.7. The summed E-state index contributed by atoms with van der Waals surface area (Å²) in [5.74, 6) is 1.14. The zero-order chi connectivity index (χ0) is 25.6. The van der Waals surface area contributed by atoms with Crippen LogP contribution in [-0.4, -0.2) is 65.3 Å². The molecule has 188 valence electrons. The Balaban J connectivity index is 1.91. The summed E-state index contributed by atoms with van der Waals surface area (Å²) in [6.45, 7) is 0.236. The fourth-order valence-electron chi connectivity index (χ4n) is 3.39. The van der Waals surface area contributed by atoms with E-state index in [1.807, 2.05) is 12.1 Å². The normalized spacial score (nSPS) is 12.2. The molecule has 0 aliphatic heterocycles. The molecule has 0 aliphatic carbocycles. The Morgan fingerprint density at radius 3 is 1.97 bits per heavy atom. The van der Waals surface area contributed by atoms with Crippen molar-refractivity contribution in [3.05, 3.63) is 78.1 Å². The first-order valence-corrected chi connectivity index (χ1v) is 13.6. The third-order valence-electron chi connectivity index (χ3n) is 5.40. The van der Waals surface area contributed by atoms with Crippen molar-refractivity contribution in [3.8, 4) is 11.5 Å². The summed E-state index contributed by atoms with van der Waals surface area (Å²) < 4.78 is 64.9. The molecular formula is C24H29N3O6S2. The van der Waals surface area contributed by atoms with Gasteiger partial charge in [-0.3, -0.25) is 4.98 Å². The molecule has 11 heteroatoms. The molecule has 1 heterocycles. The number of methoxy groups -OCH3 is 2. The molecule has 0 amide bonds. The van der Waals surface area contributed by atoms with Crippen molar-refractivity contribution < 1.29 is 26.3 Å². The predicted octanol–water partition coefficient (Wildman–Crippen LogP) is 2.78. The third-order valence-corrected chi connectivity index (χ3v) is 9.09. The van der Waals surface area contributed by atoms with Crippen molar-refractivity contribution in [1.82, 2.24) is 13.6 Å². The van der Waals surface area contributed by atoms with E-state index in [1.165, 1.54) is 42.7 Å². The second kappa shape index (κ2) is 11.2. The minimum atomic E-state index is -3.95. The number of sulfonamides is 2. The van der Waals surface area contributed by atoms with Crippen LogP contribution in [0.4, 0.5) is 0 Å². The van der Waals surface area contributed by atoms with Crippen LogP contribution < -0.4 is 9.47 Å². The molecule has 0 bridgehead atoms. The molecule has 2 aromatic carbocycles. The van der Waals surface area contributed by atoms with Gasteiger partial charge in [-0.05, 0) is 60.5 Å². The van der Waals surface area contributed by atoms with Crippen molar-refractivity contribution in [2.45, 2.75) is 22.8 Å². The van der Waals surface area contributed by atoms with Crippen LogP contribution in [0.3, 0.4) is 0 Å². The highest BCUT2D eigenvalue weighted by atomic mass is 32.2. The molecule has 0 spiro atoms. The molecule has 9 nitrogen and oxygen atoms in total. The van der Waals surface area contributed by atoms with E-state index in [1.54, 1.807) is 44.7 Å². The van der Waals surface area contributed by atoms with E-state index < -0.39 is 20.0 Å². The monoisotopic (exact) mass is 519 g/mol. The Bertz CT molecular complexity index is 1340. The van der Waals surface area contributed by atoms with Gasteiger partial charge in [0.05, 0.1) is 36.2 Å². The molecule has 0 atom stereocenters. The predicted molar refractivity (Wildman–Crippen MR) is 132 cm³/mol. The lowest BCUT2D eigenvalue weighted by molar-refractivity contribution is 0.354. The Hall–Kier alpha value is -2.99. The zero-order valence-corrected chi connectivity index (χ0v) is 21.7. The lowest BCUT2D eigenvalue weighted by Crippen LogP contribution is -2.33. The summed E-state index contributed by atoms with van der Waals surface area (Å²) in [4.78, 5) is 4.28. The van der Waals surface area contributed by atoms with Gasteiger partial charge in [0.2, 0.25) is 20.0 Å². The molecule has 0 radical (unpaired) electrons. The molecule has 0 saturated heterocycles. The van der Waals surface area contributed by atoms with Crippen LogP contribution in [0.15, 0.2) is 76.7 Å². The van der Waals surface area contributed by atoms with Gasteiger partial charge in [-0.1, -0.05) is 12.1 Å². The highest BCUT2D eigenvalue weighted by Crippen LogP contribution is 2.28. The van der Waals surface area contributed by atoms with E-state index in [4.69, 9.17) is 9.47 Å². The molecule has 0 N–H and O–H groups in total. The van der Waals surface area contributed by atoms with Gasteiger partial charge in [-0.2, -0.15) is 4.31 Å². The van der Waals surface area contributed by atoms with Gasteiger partial charge in [-0.25, -0.2) is 21.1 Å². The van der Waals surface area contributed by atoms with Crippen molar-refractivity contribution in [2.24, 2.45) is 0 Å². The summed E-state index contributed by atoms with van der Waals surface area (Å²) in [6, 6.07) is 16.0. The van der Waals surface area contributed by atoms with Gasteiger partial charge < -0.3 is 9.47 Å². The lowest BCUT2D eigenvalue weighted by Gasteiger charge is -2.22. The van der Waals surface area contributed by atoms with Crippen molar-refractivity contribution in [2.75, 3.05) is 34.9 Å². The highest BCUT2D eigenvalue weighted by Gasteiger charge is 2.26. The SMILES string of the molecule is COc1ccc(CCN(Cc2ccccn2)S(=O)(=O)c2ccc(S(=O)(=O)N(C)C)cc2)cc1OC. The van der Waals surface area contributed by atoms with Crippen molar-refractivity contribution >= 4 is 20.0 Å². The van der Waals surface area contributed by atoms with Gasteiger partial charge in [0.25, 0.3) is 0 Å². The Labute approximate surface area is 207 Å². The van der Waals surface area contributed by atoms with Gasteiger partial charge in [0, 0.05) is 26.8 Å². The maximum Gasteiger partial charge on any atom is 0.243 e. The highest BCUT2D eigenvalue weighted by molar-refractivity contribution is 7.89. The van der Waals surface area contributed by atoms with E-state index in [2.05, 4.69) is 4.98 Å².